The largest absolute Gasteiger partial charge is 0.454 e. The number of rotatable bonds is 5. The first-order valence-corrected chi connectivity index (χ1v) is 7.72. The van der Waals surface area contributed by atoms with Gasteiger partial charge in [-0.05, 0) is 42.3 Å². The Morgan fingerprint density at radius 2 is 1.91 bits per heavy atom. The first kappa shape index (κ1) is 15.2. The number of amides is 1. The number of hydrogen-bond donors (Lipinski definition) is 0. The van der Waals surface area contributed by atoms with E-state index in [9.17, 15) is 4.79 Å². The molecule has 0 N–H and O–H groups in total. The van der Waals surface area contributed by atoms with Crippen LogP contribution in [0.3, 0.4) is 0 Å². The van der Waals surface area contributed by atoms with Gasteiger partial charge in [0.15, 0.2) is 11.5 Å². The van der Waals surface area contributed by atoms with Crippen LogP contribution in [-0.4, -0.2) is 19.2 Å². The normalized spacial score (nSPS) is 12.6. The summed E-state index contributed by atoms with van der Waals surface area (Å²) in [5.41, 5.74) is 1.82. The van der Waals surface area contributed by atoms with Crippen molar-refractivity contribution in [2.75, 3.05) is 18.2 Å². The summed E-state index contributed by atoms with van der Waals surface area (Å²) < 4.78 is 10.6. The zero-order valence-corrected chi connectivity index (χ0v) is 13.1. The van der Waals surface area contributed by atoms with Crippen LogP contribution in [0.4, 0.5) is 5.69 Å². The van der Waals surface area contributed by atoms with Crippen LogP contribution in [0.1, 0.15) is 18.9 Å². The molecule has 0 aromatic heterocycles. The number of nitrogens with zero attached hydrogens (tertiary/aromatic N) is 1. The number of carbonyl (C=O) groups excluding carboxylic acids is 1. The second-order valence-corrected chi connectivity index (χ2v) is 5.27. The minimum Gasteiger partial charge on any atom is -0.454 e. The summed E-state index contributed by atoms with van der Waals surface area (Å²) in [6.45, 7) is 3.00. The topological polar surface area (TPSA) is 38.8 Å². The molecule has 0 saturated carbocycles. The Bertz CT molecular complexity index is 710. The molecular weight excluding hydrogens is 290 g/mol. The van der Waals surface area contributed by atoms with Crippen molar-refractivity contribution >= 4 is 17.7 Å². The van der Waals surface area contributed by atoms with Crippen LogP contribution in [0.15, 0.2) is 54.6 Å². The van der Waals surface area contributed by atoms with E-state index >= 15 is 0 Å². The predicted molar refractivity (Wildman–Crippen MR) is 90.7 cm³/mol. The highest BCUT2D eigenvalue weighted by Crippen LogP contribution is 2.32. The summed E-state index contributed by atoms with van der Waals surface area (Å²) in [5, 5.41) is 0. The Kier molecular flexibility index (Phi) is 4.62. The molecule has 2 aromatic carbocycles. The average Bonchev–Trinajstić information content (AvgIpc) is 3.06. The summed E-state index contributed by atoms with van der Waals surface area (Å²) in [5.74, 6) is 1.43. The lowest BCUT2D eigenvalue weighted by Crippen LogP contribution is -2.29. The van der Waals surface area contributed by atoms with Gasteiger partial charge < -0.3 is 14.4 Å². The first-order valence-electron chi connectivity index (χ1n) is 7.72. The number of anilines is 1. The van der Waals surface area contributed by atoms with Crippen molar-refractivity contribution in [3.8, 4) is 11.5 Å². The van der Waals surface area contributed by atoms with Gasteiger partial charge in [-0.15, -0.1) is 0 Å². The van der Waals surface area contributed by atoms with Crippen molar-refractivity contribution < 1.29 is 14.3 Å². The van der Waals surface area contributed by atoms with Crippen LogP contribution in [0, 0.1) is 0 Å². The fraction of sp³-hybridized carbons (Fsp3) is 0.211. The number of fused-ring (bicyclic) bond motifs is 1. The maximum atomic E-state index is 12.5. The van der Waals surface area contributed by atoms with Crippen molar-refractivity contribution in [1.29, 1.82) is 0 Å². The van der Waals surface area contributed by atoms with Crippen LogP contribution >= 0.6 is 0 Å². The third kappa shape index (κ3) is 3.54. The number of ether oxygens (including phenoxy) is 2. The minimum absolute atomic E-state index is 0.0317. The molecule has 0 saturated heterocycles. The lowest BCUT2D eigenvalue weighted by Gasteiger charge is -2.20. The molecule has 0 aliphatic carbocycles. The maximum absolute atomic E-state index is 12.5. The van der Waals surface area contributed by atoms with Crippen molar-refractivity contribution in [1.82, 2.24) is 0 Å². The summed E-state index contributed by atoms with van der Waals surface area (Å²) in [6, 6.07) is 15.3. The smallest absolute Gasteiger partial charge is 0.250 e. The van der Waals surface area contributed by atoms with Gasteiger partial charge in [0.25, 0.3) is 5.91 Å². The third-order valence-electron chi connectivity index (χ3n) is 3.60. The lowest BCUT2D eigenvalue weighted by atomic mass is 10.2. The van der Waals surface area contributed by atoms with Crippen molar-refractivity contribution in [3.63, 3.8) is 0 Å². The van der Waals surface area contributed by atoms with Crippen molar-refractivity contribution in [2.24, 2.45) is 0 Å². The molecule has 4 heteroatoms. The van der Waals surface area contributed by atoms with E-state index in [1.54, 1.807) is 17.1 Å². The van der Waals surface area contributed by atoms with Gasteiger partial charge >= 0.3 is 0 Å². The zero-order valence-electron chi connectivity index (χ0n) is 13.1. The second kappa shape index (κ2) is 7.01. The molecule has 3 rings (SSSR count). The maximum Gasteiger partial charge on any atom is 0.250 e. The second-order valence-electron chi connectivity index (χ2n) is 5.27. The van der Waals surface area contributed by atoms with Gasteiger partial charge in [-0.2, -0.15) is 0 Å². The quantitative estimate of drug-likeness (QED) is 0.787. The fourth-order valence-electron chi connectivity index (χ4n) is 2.47. The number of benzene rings is 2. The summed E-state index contributed by atoms with van der Waals surface area (Å²) in [7, 11) is 0. The predicted octanol–water partition coefficient (Wildman–Crippen LogP) is 3.87. The molecule has 0 spiro atoms. The lowest BCUT2D eigenvalue weighted by molar-refractivity contribution is -0.114. The van der Waals surface area contributed by atoms with Gasteiger partial charge in [-0.1, -0.05) is 31.2 Å². The van der Waals surface area contributed by atoms with E-state index in [2.05, 4.69) is 6.92 Å². The Morgan fingerprint density at radius 1 is 1.13 bits per heavy atom. The van der Waals surface area contributed by atoms with Crippen LogP contribution < -0.4 is 14.4 Å². The minimum atomic E-state index is -0.0317. The molecule has 23 heavy (non-hydrogen) atoms. The van der Waals surface area contributed by atoms with Crippen LogP contribution in [0.2, 0.25) is 0 Å². The summed E-state index contributed by atoms with van der Waals surface area (Å²) in [4.78, 5) is 14.3. The molecule has 2 aromatic rings. The number of hydrogen-bond acceptors (Lipinski definition) is 3. The molecule has 0 bridgehead atoms. The van der Waals surface area contributed by atoms with E-state index < -0.39 is 0 Å². The molecule has 118 valence electrons. The highest BCUT2D eigenvalue weighted by atomic mass is 16.7. The van der Waals surface area contributed by atoms with Crippen molar-refractivity contribution in [2.45, 2.75) is 13.3 Å². The third-order valence-corrected chi connectivity index (χ3v) is 3.60. The SMILES string of the molecule is CCCN(C(=O)/C=C/c1ccc2c(c1)OCO2)c1ccccc1. The highest BCUT2D eigenvalue weighted by molar-refractivity contribution is 6.03. The van der Waals surface area contributed by atoms with Crippen LogP contribution in [-0.2, 0) is 4.79 Å². The molecule has 0 atom stereocenters. The average molecular weight is 309 g/mol. The van der Waals surface area contributed by atoms with E-state index in [1.165, 1.54) is 0 Å². The molecule has 4 nitrogen and oxygen atoms in total. The zero-order chi connectivity index (χ0) is 16.1. The Balaban J connectivity index is 1.76. The monoisotopic (exact) mass is 309 g/mol. The van der Waals surface area contributed by atoms with Crippen LogP contribution in [0.5, 0.6) is 11.5 Å². The summed E-state index contributed by atoms with van der Waals surface area (Å²) >= 11 is 0. The molecule has 1 heterocycles. The number of carbonyl (C=O) groups is 1. The summed E-state index contributed by atoms with van der Waals surface area (Å²) in [6.07, 6.45) is 4.30. The molecule has 1 aliphatic heterocycles. The number of para-hydroxylation sites is 1. The van der Waals surface area contributed by atoms with Gasteiger partial charge in [0.1, 0.15) is 0 Å². The Hall–Kier alpha value is -2.75. The van der Waals surface area contributed by atoms with E-state index in [1.807, 2.05) is 48.5 Å². The Morgan fingerprint density at radius 3 is 2.70 bits per heavy atom. The molecular formula is C19H19NO3. The molecule has 1 amide bonds. The highest BCUT2D eigenvalue weighted by Gasteiger charge is 2.14. The van der Waals surface area contributed by atoms with Crippen molar-refractivity contribution in [3.05, 3.63) is 60.2 Å². The fourth-order valence-corrected chi connectivity index (χ4v) is 2.47. The molecule has 1 aliphatic rings. The van der Waals surface area contributed by atoms with E-state index in [-0.39, 0.29) is 12.7 Å². The standard InChI is InChI=1S/C19H19NO3/c1-2-12-20(16-6-4-3-5-7-16)19(21)11-9-15-8-10-17-18(13-15)23-14-22-17/h3-11,13H,2,12,14H2,1H3/b11-9+. The van der Waals surface area contributed by atoms with Gasteiger partial charge in [-0.25, -0.2) is 0 Å². The van der Waals surface area contributed by atoms with Gasteiger partial charge in [-0.3, -0.25) is 4.79 Å². The van der Waals surface area contributed by atoms with E-state index in [0.29, 0.717) is 12.3 Å². The van der Waals surface area contributed by atoms with E-state index in [4.69, 9.17) is 9.47 Å². The van der Waals surface area contributed by atoms with Gasteiger partial charge in [0.05, 0.1) is 0 Å². The van der Waals surface area contributed by atoms with Crippen LogP contribution in [0.25, 0.3) is 6.08 Å². The molecule has 0 radical (unpaired) electrons. The van der Waals surface area contributed by atoms with Gasteiger partial charge in [0, 0.05) is 18.3 Å². The first-order chi connectivity index (χ1) is 11.3. The molecule has 0 unspecified atom stereocenters. The van der Waals surface area contributed by atoms with Gasteiger partial charge in [0.2, 0.25) is 6.79 Å². The Labute approximate surface area is 135 Å². The molecule has 0 fully saturated rings. The van der Waals surface area contributed by atoms with E-state index in [0.717, 1.165) is 23.4 Å².